The molecule has 0 amide bonds. The summed E-state index contributed by atoms with van der Waals surface area (Å²) in [5, 5.41) is 9.75. The molecule has 0 aromatic heterocycles. The van der Waals surface area contributed by atoms with Gasteiger partial charge in [0.25, 0.3) is 0 Å². The Balaban J connectivity index is 2.80. The minimum Gasteiger partial charge on any atom is -0.496 e. The summed E-state index contributed by atoms with van der Waals surface area (Å²) in [7, 11) is 2.85. The van der Waals surface area contributed by atoms with Gasteiger partial charge in [0.15, 0.2) is 0 Å². The number of halogens is 1. The molecule has 0 saturated carbocycles. The molecule has 0 aliphatic rings. The summed E-state index contributed by atoms with van der Waals surface area (Å²) in [5.41, 5.74) is 0.637. The molecule has 0 aliphatic heterocycles. The maximum absolute atomic E-state index is 11.0. The second-order valence-corrected chi connectivity index (χ2v) is 4.04. The van der Waals surface area contributed by atoms with Crippen LogP contribution in [0.2, 0.25) is 0 Å². The zero-order valence-corrected chi connectivity index (χ0v) is 10.7. The van der Waals surface area contributed by atoms with Crippen molar-refractivity contribution in [1.29, 1.82) is 0 Å². The van der Waals surface area contributed by atoms with E-state index < -0.39 is 12.1 Å². The molecule has 1 aromatic carbocycles. The van der Waals surface area contributed by atoms with Gasteiger partial charge in [-0.25, -0.2) is 0 Å². The maximum atomic E-state index is 11.0. The average Bonchev–Trinajstić information content (AvgIpc) is 2.28. The lowest BCUT2D eigenvalue weighted by atomic mass is 10.1. The molecule has 0 saturated heterocycles. The third kappa shape index (κ3) is 3.21. The summed E-state index contributed by atoms with van der Waals surface area (Å²) in [6.45, 7) is 0. The number of aliphatic hydroxyl groups excluding tert-OH is 1. The van der Waals surface area contributed by atoms with Gasteiger partial charge in [0, 0.05) is 0 Å². The fourth-order valence-corrected chi connectivity index (χ4v) is 1.81. The Bertz CT molecular complexity index is 378. The molecule has 16 heavy (non-hydrogen) atoms. The van der Waals surface area contributed by atoms with Crippen LogP contribution in [0.4, 0.5) is 0 Å². The van der Waals surface area contributed by atoms with E-state index in [1.165, 1.54) is 7.11 Å². The SMILES string of the molecule is COC(=O)CC(O)c1ccc(OC)c(Br)c1. The van der Waals surface area contributed by atoms with Gasteiger partial charge in [-0.2, -0.15) is 0 Å². The lowest BCUT2D eigenvalue weighted by Gasteiger charge is -2.11. The molecule has 1 aromatic rings. The Labute approximate surface area is 102 Å². The predicted molar refractivity (Wildman–Crippen MR) is 62.3 cm³/mol. The first-order chi connectivity index (χ1) is 7.58. The molecular formula is C11H13BrO4. The van der Waals surface area contributed by atoms with Crippen molar-refractivity contribution in [3.63, 3.8) is 0 Å². The minimum atomic E-state index is -0.866. The zero-order valence-electron chi connectivity index (χ0n) is 9.07. The largest absolute Gasteiger partial charge is 0.496 e. The lowest BCUT2D eigenvalue weighted by molar-refractivity contribution is -0.142. The third-order valence-corrected chi connectivity index (χ3v) is 2.77. The van der Waals surface area contributed by atoms with Gasteiger partial charge in [-0.3, -0.25) is 4.79 Å². The highest BCUT2D eigenvalue weighted by Gasteiger charge is 2.14. The summed E-state index contributed by atoms with van der Waals surface area (Å²) in [5.74, 6) is 0.230. The van der Waals surface area contributed by atoms with Crippen LogP contribution in [-0.2, 0) is 9.53 Å². The molecule has 1 N–H and O–H groups in total. The number of rotatable bonds is 4. The number of methoxy groups -OCH3 is 2. The van der Waals surface area contributed by atoms with E-state index in [2.05, 4.69) is 20.7 Å². The first-order valence-corrected chi connectivity index (χ1v) is 5.46. The van der Waals surface area contributed by atoms with Gasteiger partial charge in [-0.15, -0.1) is 0 Å². The Morgan fingerprint density at radius 2 is 2.19 bits per heavy atom. The molecule has 0 fully saturated rings. The van der Waals surface area contributed by atoms with Crippen LogP contribution in [0.3, 0.4) is 0 Å². The molecule has 0 aliphatic carbocycles. The second-order valence-electron chi connectivity index (χ2n) is 3.19. The molecule has 88 valence electrons. The zero-order chi connectivity index (χ0) is 12.1. The number of aliphatic hydroxyl groups is 1. The summed E-state index contributed by atoms with van der Waals surface area (Å²) in [4.78, 5) is 11.0. The van der Waals surface area contributed by atoms with Crippen LogP contribution >= 0.6 is 15.9 Å². The number of benzene rings is 1. The maximum Gasteiger partial charge on any atom is 0.308 e. The van der Waals surface area contributed by atoms with E-state index in [1.807, 2.05) is 0 Å². The monoisotopic (exact) mass is 288 g/mol. The highest BCUT2D eigenvalue weighted by Crippen LogP contribution is 2.29. The molecule has 1 rings (SSSR count). The van der Waals surface area contributed by atoms with Crippen molar-refractivity contribution in [2.24, 2.45) is 0 Å². The molecule has 1 unspecified atom stereocenters. The first-order valence-electron chi connectivity index (χ1n) is 4.66. The summed E-state index contributed by atoms with van der Waals surface area (Å²) >= 11 is 3.31. The number of carbonyl (C=O) groups is 1. The van der Waals surface area contributed by atoms with Crippen LogP contribution in [-0.4, -0.2) is 25.3 Å². The second kappa shape index (κ2) is 5.86. The van der Waals surface area contributed by atoms with E-state index >= 15 is 0 Å². The van der Waals surface area contributed by atoms with Gasteiger partial charge in [0.05, 0.1) is 31.2 Å². The number of hydrogen-bond donors (Lipinski definition) is 1. The van der Waals surface area contributed by atoms with Crippen LogP contribution in [0.5, 0.6) is 5.75 Å². The summed E-state index contributed by atoms with van der Waals surface area (Å²) in [6, 6.07) is 5.14. The summed E-state index contributed by atoms with van der Waals surface area (Å²) in [6.07, 6.45) is -0.926. The van der Waals surface area contributed by atoms with E-state index in [9.17, 15) is 9.90 Å². The fraction of sp³-hybridized carbons (Fsp3) is 0.364. The number of esters is 1. The van der Waals surface area contributed by atoms with E-state index in [4.69, 9.17) is 4.74 Å². The van der Waals surface area contributed by atoms with Gasteiger partial charge in [-0.05, 0) is 33.6 Å². The molecule has 5 heteroatoms. The van der Waals surface area contributed by atoms with Gasteiger partial charge in [0.2, 0.25) is 0 Å². The van der Waals surface area contributed by atoms with Crippen LogP contribution in [0.1, 0.15) is 18.1 Å². The van der Waals surface area contributed by atoms with Crippen molar-refractivity contribution >= 4 is 21.9 Å². The smallest absolute Gasteiger partial charge is 0.308 e. The quantitative estimate of drug-likeness (QED) is 0.862. The average molecular weight is 289 g/mol. The molecule has 0 radical (unpaired) electrons. The number of hydrogen-bond acceptors (Lipinski definition) is 4. The highest BCUT2D eigenvalue weighted by atomic mass is 79.9. The van der Waals surface area contributed by atoms with E-state index in [0.717, 1.165) is 4.47 Å². The number of carbonyl (C=O) groups excluding carboxylic acids is 1. The third-order valence-electron chi connectivity index (χ3n) is 2.15. The van der Waals surface area contributed by atoms with Crippen molar-refractivity contribution in [3.8, 4) is 5.75 Å². The van der Waals surface area contributed by atoms with Gasteiger partial charge in [-0.1, -0.05) is 6.07 Å². The van der Waals surface area contributed by atoms with Crippen molar-refractivity contribution < 1.29 is 19.4 Å². The van der Waals surface area contributed by atoms with Crippen molar-refractivity contribution in [1.82, 2.24) is 0 Å². The molecule has 1 atom stereocenters. The van der Waals surface area contributed by atoms with Crippen LogP contribution < -0.4 is 4.74 Å². The van der Waals surface area contributed by atoms with E-state index in [1.54, 1.807) is 25.3 Å². The van der Waals surface area contributed by atoms with Gasteiger partial charge in [0.1, 0.15) is 5.75 Å². The minimum absolute atomic E-state index is 0.0602. The molecule has 0 spiro atoms. The molecular weight excluding hydrogens is 276 g/mol. The predicted octanol–water partition coefficient (Wildman–Crippen LogP) is 2.05. The topological polar surface area (TPSA) is 55.8 Å². The Hall–Kier alpha value is -1.07. The van der Waals surface area contributed by atoms with Crippen LogP contribution in [0.15, 0.2) is 22.7 Å². The first kappa shape index (κ1) is 13.0. The Morgan fingerprint density at radius 1 is 1.50 bits per heavy atom. The van der Waals surface area contributed by atoms with Crippen molar-refractivity contribution in [2.75, 3.05) is 14.2 Å². The van der Waals surface area contributed by atoms with Crippen molar-refractivity contribution in [2.45, 2.75) is 12.5 Å². The van der Waals surface area contributed by atoms with Crippen molar-refractivity contribution in [3.05, 3.63) is 28.2 Å². The standard InChI is InChI=1S/C11H13BrO4/c1-15-10-4-3-7(5-8(10)12)9(13)6-11(14)16-2/h3-5,9,13H,6H2,1-2H3. The molecule has 4 nitrogen and oxygen atoms in total. The van der Waals surface area contributed by atoms with Crippen LogP contribution in [0.25, 0.3) is 0 Å². The van der Waals surface area contributed by atoms with Gasteiger partial charge < -0.3 is 14.6 Å². The molecule has 0 heterocycles. The molecule has 0 bridgehead atoms. The van der Waals surface area contributed by atoms with E-state index in [0.29, 0.717) is 11.3 Å². The van der Waals surface area contributed by atoms with Crippen LogP contribution in [0, 0.1) is 0 Å². The Morgan fingerprint density at radius 3 is 2.69 bits per heavy atom. The fourth-order valence-electron chi connectivity index (χ4n) is 1.25. The Kier molecular flexibility index (Phi) is 4.76. The summed E-state index contributed by atoms with van der Waals surface area (Å²) < 4.78 is 10.3. The van der Waals surface area contributed by atoms with E-state index in [-0.39, 0.29) is 6.42 Å². The van der Waals surface area contributed by atoms with Gasteiger partial charge >= 0.3 is 5.97 Å². The normalized spacial score (nSPS) is 12.0. The highest BCUT2D eigenvalue weighted by molar-refractivity contribution is 9.10. The lowest BCUT2D eigenvalue weighted by Crippen LogP contribution is -2.08. The number of ether oxygens (including phenoxy) is 2.